The Kier molecular flexibility index (Phi) is 5.57. The van der Waals surface area contributed by atoms with Crippen LogP contribution < -0.4 is 0 Å². The van der Waals surface area contributed by atoms with Crippen LogP contribution in [0.5, 0.6) is 0 Å². The van der Waals surface area contributed by atoms with E-state index in [0.29, 0.717) is 31.3 Å². The third-order valence-electron chi connectivity index (χ3n) is 9.39. The van der Waals surface area contributed by atoms with Crippen molar-refractivity contribution in [2.45, 2.75) is 92.0 Å². The molecule has 0 amide bonds. The quantitative estimate of drug-likeness (QED) is 0.359. The van der Waals surface area contributed by atoms with Gasteiger partial charge in [-0.05, 0) is 54.9 Å². The Bertz CT molecular complexity index is 920. The molecule has 0 unspecified atom stereocenters. The van der Waals surface area contributed by atoms with E-state index in [9.17, 15) is 19.2 Å². The summed E-state index contributed by atoms with van der Waals surface area (Å²) in [4.78, 5) is 50.6. The first kappa shape index (κ1) is 24.0. The number of esters is 3. The molecule has 1 spiro atoms. The lowest BCUT2D eigenvalue weighted by Gasteiger charge is -2.67. The van der Waals surface area contributed by atoms with Gasteiger partial charge in [-0.2, -0.15) is 0 Å². The zero-order chi connectivity index (χ0) is 24.5. The lowest BCUT2D eigenvalue weighted by molar-refractivity contribution is -0.262. The number of carbonyl (C=O) groups excluding carboxylic acids is 4. The number of fused-ring (bicyclic) bond motifs is 3. The number of ether oxygens (including phenoxy) is 3. The molecule has 33 heavy (non-hydrogen) atoms. The molecule has 2 bridgehead atoms. The smallest absolute Gasteiger partial charge is 0.302 e. The summed E-state index contributed by atoms with van der Waals surface area (Å²) in [6.45, 7) is 14.7. The van der Waals surface area contributed by atoms with Crippen LogP contribution in [0.2, 0.25) is 0 Å². The van der Waals surface area contributed by atoms with Gasteiger partial charge in [-0.1, -0.05) is 27.4 Å². The summed E-state index contributed by atoms with van der Waals surface area (Å²) in [6.07, 6.45) is 1.50. The normalized spacial score (nSPS) is 43.2. The van der Waals surface area contributed by atoms with Gasteiger partial charge >= 0.3 is 17.9 Å². The Morgan fingerprint density at radius 1 is 0.848 bits per heavy atom. The van der Waals surface area contributed by atoms with Crippen LogP contribution in [0.25, 0.3) is 0 Å². The van der Waals surface area contributed by atoms with Crippen molar-refractivity contribution < 1.29 is 33.4 Å². The molecule has 0 N–H and O–H groups in total. The van der Waals surface area contributed by atoms with Crippen LogP contribution in [0.15, 0.2) is 12.2 Å². The van der Waals surface area contributed by atoms with E-state index in [1.807, 2.05) is 0 Å². The topological polar surface area (TPSA) is 96.0 Å². The molecule has 4 aliphatic carbocycles. The predicted octanol–water partition coefficient (Wildman–Crippen LogP) is 3.78. The van der Waals surface area contributed by atoms with Gasteiger partial charge in [-0.15, -0.1) is 0 Å². The molecule has 4 saturated carbocycles. The predicted molar refractivity (Wildman–Crippen MR) is 119 cm³/mol. The molecule has 0 heterocycles. The molecule has 0 radical (unpaired) electrons. The van der Waals surface area contributed by atoms with Gasteiger partial charge in [0.1, 0.15) is 23.7 Å². The summed E-state index contributed by atoms with van der Waals surface area (Å²) in [5, 5.41) is 0. The van der Waals surface area contributed by atoms with Gasteiger partial charge < -0.3 is 14.2 Å². The minimum absolute atomic E-state index is 0.0410. The average Bonchev–Trinajstić information content (AvgIpc) is 2.80. The van der Waals surface area contributed by atoms with Crippen LogP contribution in [0.1, 0.15) is 73.6 Å². The third kappa shape index (κ3) is 3.21. The highest BCUT2D eigenvalue weighted by molar-refractivity contribution is 6.05. The van der Waals surface area contributed by atoms with Crippen molar-refractivity contribution in [3.63, 3.8) is 0 Å². The maximum atomic E-state index is 14.0. The largest absolute Gasteiger partial charge is 0.462 e. The molecule has 4 fully saturated rings. The minimum atomic E-state index is -1.21. The van der Waals surface area contributed by atoms with Crippen molar-refractivity contribution in [1.82, 2.24) is 0 Å². The van der Waals surface area contributed by atoms with E-state index >= 15 is 0 Å². The van der Waals surface area contributed by atoms with Crippen LogP contribution in [-0.4, -0.2) is 42.0 Å². The molecule has 7 nitrogen and oxygen atoms in total. The Morgan fingerprint density at radius 3 is 2.00 bits per heavy atom. The SMILES string of the molecule is C=C1C(=O)[C@@]23[C@H](OC(C)=O)C[C@@H]4C(C)(C)CC[C@@H](OC(C)=O)[C@@]4(C)[C@@H]2CC[C@@H]1[C@@H]3OC(C)=O. The van der Waals surface area contributed by atoms with Crippen LogP contribution in [0.3, 0.4) is 0 Å². The highest BCUT2D eigenvalue weighted by atomic mass is 16.6. The van der Waals surface area contributed by atoms with Crippen molar-refractivity contribution in [3.8, 4) is 0 Å². The molecule has 0 aromatic rings. The van der Waals surface area contributed by atoms with Crippen LogP contribution in [-0.2, 0) is 33.4 Å². The summed E-state index contributed by atoms with van der Waals surface area (Å²) in [7, 11) is 0. The van der Waals surface area contributed by atoms with E-state index in [1.54, 1.807) is 0 Å². The molecule has 8 atom stereocenters. The van der Waals surface area contributed by atoms with Crippen molar-refractivity contribution in [2.75, 3.05) is 0 Å². The van der Waals surface area contributed by atoms with E-state index in [-0.39, 0.29) is 41.0 Å². The summed E-state index contributed by atoms with van der Waals surface area (Å²) >= 11 is 0. The third-order valence-corrected chi connectivity index (χ3v) is 9.39. The standard InChI is InChI=1S/C26H36O7/c1-13-17-8-9-18-25(7)19(24(5,6)11-10-20(25)31-14(2)27)12-21(32-15(3)28)26(18,22(13)30)23(17)33-16(4)29/h17-21,23H,1,8-12H2,2-7H3/t17-,18-,19+,20+,21+,23-,25-,26-/m0/s1. The fourth-order valence-corrected chi connectivity index (χ4v) is 8.33. The maximum Gasteiger partial charge on any atom is 0.302 e. The first-order valence-corrected chi connectivity index (χ1v) is 12.0. The Morgan fingerprint density at radius 2 is 1.42 bits per heavy atom. The Labute approximate surface area is 195 Å². The summed E-state index contributed by atoms with van der Waals surface area (Å²) < 4.78 is 17.7. The van der Waals surface area contributed by atoms with E-state index in [2.05, 4.69) is 27.4 Å². The lowest BCUT2D eigenvalue weighted by Crippen LogP contribution is -2.71. The number of carbonyl (C=O) groups is 4. The molecule has 0 aromatic heterocycles. The molecule has 0 aliphatic heterocycles. The number of Topliss-reactive ketones (excluding diaryl/α,β-unsaturated/α-hetero) is 1. The fourth-order valence-electron chi connectivity index (χ4n) is 8.33. The second-order valence-electron chi connectivity index (χ2n) is 11.4. The number of ketones is 1. The summed E-state index contributed by atoms with van der Waals surface area (Å²) in [5.74, 6) is -1.98. The van der Waals surface area contributed by atoms with Crippen molar-refractivity contribution in [2.24, 2.45) is 34.0 Å². The van der Waals surface area contributed by atoms with Crippen molar-refractivity contribution in [3.05, 3.63) is 12.2 Å². The van der Waals surface area contributed by atoms with Gasteiger partial charge in [0.15, 0.2) is 5.78 Å². The first-order valence-electron chi connectivity index (χ1n) is 12.0. The highest BCUT2D eigenvalue weighted by Crippen LogP contribution is 2.72. The van der Waals surface area contributed by atoms with Crippen LogP contribution >= 0.6 is 0 Å². The molecule has 0 aromatic carbocycles. The molecule has 0 saturated heterocycles. The molecule has 7 heteroatoms. The van der Waals surface area contributed by atoms with E-state index < -0.39 is 35.0 Å². The molecule has 4 rings (SSSR count). The monoisotopic (exact) mass is 460 g/mol. The lowest BCUT2D eigenvalue weighted by atomic mass is 9.39. The summed E-state index contributed by atoms with van der Waals surface area (Å²) in [6, 6.07) is 0. The zero-order valence-electron chi connectivity index (χ0n) is 20.6. The van der Waals surface area contributed by atoms with Gasteiger partial charge in [0, 0.05) is 32.1 Å². The van der Waals surface area contributed by atoms with Crippen LogP contribution in [0.4, 0.5) is 0 Å². The van der Waals surface area contributed by atoms with Gasteiger partial charge in [0.25, 0.3) is 0 Å². The van der Waals surface area contributed by atoms with Crippen LogP contribution in [0, 0.1) is 34.0 Å². The minimum Gasteiger partial charge on any atom is -0.462 e. The maximum absolute atomic E-state index is 14.0. The number of hydrogen-bond acceptors (Lipinski definition) is 7. The van der Waals surface area contributed by atoms with Gasteiger partial charge in [-0.3, -0.25) is 19.2 Å². The van der Waals surface area contributed by atoms with Crippen molar-refractivity contribution in [1.29, 1.82) is 0 Å². The van der Waals surface area contributed by atoms with E-state index in [1.165, 1.54) is 20.8 Å². The van der Waals surface area contributed by atoms with Gasteiger partial charge in [0.05, 0.1) is 0 Å². The van der Waals surface area contributed by atoms with E-state index in [0.717, 1.165) is 6.42 Å². The van der Waals surface area contributed by atoms with Gasteiger partial charge in [0.2, 0.25) is 0 Å². The van der Waals surface area contributed by atoms with Gasteiger partial charge in [-0.25, -0.2) is 0 Å². The second-order valence-corrected chi connectivity index (χ2v) is 11.4. The Hall–Kier alpha value is -2.18. The fraction of sp³-hybridized carbons (Fsp3) is 0.769. The Balaban J connectivity index is 1.95. The highest BCUT2D eigenvalue weighted by Gasteiger charge is 2.77. The molecular weight excluding hydrogens is 424 g/mol. The molecule has 182 valence electrons. The summed E-state index contributed by atoms with van der Waals surface area (Å²) in [5.41, 5.74) is -1.43. The zero-order valence-corrected chi connectivity index (χ0v) is 20.6. The molecule has 4 aliphatic rings. The van der Waals surface area contributed by atoms with Crippen molar-refractivity contribution >= 4 is 23.7 Å². The first-order chi connectivity index (χ1) is 15.3. The number of rotatable bonds is 3. The second kappa shape index (κ2) is 7.67. The number of hydrogen-bond donors (Lipinski definition) is 0. The molecular formula is C26H36O7. The van der Waals surface area contributed by atoms with E-state index in [4.69, 9.17) is 14.2 Å². The average molecular weight is 461 g/mol.